The fraction of sp³-hybridized carbons (Fsp3) is 0.160. The van der Waals surface area contributed by atoms with Gasteiger partial charge in [-0.1, -0.05) is 84.4 Å². The lowest BCUT2D eigenvalue weighted by atomic mass is 9.64. The summed E-state index contributed by atoms with van der Waals surface area (Å²) in [6.45, 7) is 1.82. The van der Waals surface area contributed by atoms with E-state index in [1.807, 2.05) is 91.9 Å². The summed E-state index contributed by atoms with van der Waals surface area (Å²) < 4.78 is 6.20. The van der Waals surface area contributed by atoms with Gasteiger partial charge in [-0.25, -0.2) is 0 Å². The van der Waals surface area contributed by atoms with E-state index in [0.29, 0.717) is 17.0 Å². The van der Waals surface area contributed by atoms with E-state index in [-0.39, 0.29) is 11.9 Å². The van der Waals surface area contributed by atoms with E-state index in [0.717, 1.165) is 16.7 Å². The molecule has 1 atom stereocenters. The molecule has 3 aromatic carbocycles. The van der Waals surface area contributed by atoms with Crippen molar-refractivity contribution in [2.75, 3.05) is 0 Å². The maximum absolute atomic E-state index is 13.7. The molecule has 140 valence electrons. The molecule has 1 aliphatic rings. The Morgan fingerprint density at radius 1 is 0.857 bits per heavy atom. The number of ether oxygens (including phenoxy) is 1. The predicted octanol–water partition coefficient (Wildman–Crippen LogP) is 5.74. The molecule has 1 heterocycles. The Morgan fingerprint density at radius 2 is 1.39 bits per heavy atom. The average molecular weight is 389 g/mol. The van der Waals surface area contributed by atoms with Crippen molar-refractivity contribution in [2.24, 2.45) is 0 Å². The molecule has 0 fully saturated rings. The minimum absolute atomic E-state index is 0.0788. The van der Waals surface area contributed by atoms with Crippen LogP contribution >= 0.6 is 11.6 Å². The molecule has 4 rings (SSSR count). The van der Waals surface area contributed by atoms with Crippen LogP contribution in [0.3, 0.4) is 0 Å². The summed E-state index contributed by atoms with van der Waals surface area (Å²) in [6, 6.07) is 27.6. The quantitative estimate of drug-likeness (QED) is 0.569. The SMILES string of the molecule is CC1=COC(Cc2ccc(Cl)cc2)C(c2ccccc2)(c2ccccc2)C1=O. The average Bonchev–Trinajstić information content (AvgIpc) is 2.74. The number of allylic oxidation sites excluding steroid dienone is 1. The molecule has 1 aliphatic heterocycles. The number of carbonyl (C=O) groups excluding carboxylic acids is 1. The van der Waals surface area contributed by atoms with Crippen LogP contribution in [0.5, 0.6) is 0 Å². The zero-order valence-corrected chi connectivity index (χ0v) is 16.4. The van der Waals surface area contributed by atoms with Gasteiger partial charge in [0.05, 0.1) is 6.26 Å². The smallest absolute Gasteiger partial charge is 0.180 e. The summed E-state index contributed by atoms with van der Waals surface area (Å²) >= 11 is 6.05. The van der Waals surface area contributed by atoms with Gasteiger partial charge in [0, 0.05) is 17.0 Å². The lowest BCUT2D eigenvalue weighted by Crippen LogP contribution is -2.52. The summed E-state index contributed by atoms with van der Waals surface area (Å²) in [5, 5.41) is 0.692. The van der Waals surface area contributed by atoms with Crippen LogP contribution in [0.25, 0.3) is 0 Å². The molecule has 3 aromatic rings. The van der Waals surface area contributed by atoms with Crippen LogP contribution in [0.4, 0.5) is 0 Å². The number of hydrogen-bond donors (Lipinski definition) is 0. The van der Waals surface area contributed by atoms with Gasteiger partial charge in [-0.3, -0.25) is 4.79 Å². The molecule has 0 spiro atoms. The van der Waals surface area contributed by atoms with Crippen molar-refractivity contribution >= 4 is 17.4 Å². The maximum Gasteiger partial charge on any atom is 0.180 e. The zero-order chi connectivity index (χ0) is 19.6. The van der Waals surface area contributed by atoms with Gasteiger partial charge in [-0.2, -0.15) is 0 Å². The fourth-order valence-electron chi connectivity index (χ4n) is 4.04. The molecule has 0 bridgehead atoms. The van der Waals surface area contributed by atoms with Gasteiger partial charge in [0.2, 0.25) is 0 Å². The van der Waals surface area contributed by atoms with Crippen LogP contribution in [-0.2, 0) is 21.4 Å². The van der Waals surface area contributed by atoms with E-state index in [9.17, 15) is 4.79 Å². The van der Waals surface area contributed by atoms with Crippen LogP contribution in [0.1, 0.15) is 23.6 Å². The number of ketones is 1. The predicted molar refractivity (Wildman–Crippen MR) is 112 cm³/mol. The first kappa shape index (κ1) is 18.5. The molecule has 28 heavy (non-hydrogen) atoms. The molecule has 3 heteroatoms. The van der Waals surface area contributed by atoms with Gasteiger partial charge in [-0.15, -0.1) is 0 Å². The Kier molecular flexibility index (Phi) is 5.06. The molecule has 0 aliphatic carbocycles. The molecule has 1 unspecified atom stereocenters. The summed E-state index contributed by atoms with van der Waals surface area (Å²) in [7, 11) is 0. The van der Waals surface area contributed by atoms with E-state index >= 15 is 0 Å². The Hall–Kier alpha value is -2.84. The van der Waals surface area contributed by atoms with Gasteiger partial charge < -0.3 is 4.74 Å². The summed E-state index contributed by atoms with van der Waals surface area (Å²) in [4.78, 5) is 13.7. The van der Waals surface area contributed by atoms with E-state index in [1.54, 1.807) is 6.26 Å². The first-order valence-electron chi connectivity index (χ1n) is 9.35. The fourth-order valence-corrected chi connectivity index (χ4v) is 4.16. The Morgan fingerprint density at radius 3 is 1.93 bits per heavy atom. The molecular weight excluding hydrogens is 368 g/mol. The minimum atomic E-state index is -0.902. The van der Waals surface area contributed by atoms with E-state index in [2.05, 4.69) is 0 Å². The van der Waals surface area contributed by atoms with Crippen LogP contribution < -0.4 is 0 Å². The van der Waals surface area contributed by atoms with Gasteiger partial charge >= 0.3 is 0 Å². The largest absolute Gasteiger partial charge is 0.496 e. The number of halogens is 1. The maximum atomic E-state index is 13.7. The number of Topliss-reactive ketones (excluding diaryl/α,β-unsaturated/α-hetero) is 1. The highest BCUT2D eigenvalue weighted by Crippen LogP contribution is 2.43. The molecule has 0 saturated carbocycles. The highest BCUT2D eigenvalue weighted by atomic mass is 35.5. The standard InChI is InChI=1S/C25H21ClO2/c1-18-17-28-23(16-19-12-14-22(26)15-13-19)25(24(18)27,20-8-4-2-5-9-20)21-10-6-3-7-11-21/h2-15,17,23H,16H2,1H3. The molecule has 0 radical (unpaired) electrons. The number of benzene rings is 3. The van der Waals surface area contributed by atoms with Crippen molar-refractivity contribution in [1.29, 1.82) is 0 Å². The second-order valence-electron chi connectivity index (χ2n) is 7.13. The van der Waals surface area contributed by atoms with Crippen molar-refractivity contribution < 1.29 is 9.53 Å². The van der Waals surface area contributed by atoms with Gasteiger partial charge in [0.15, 0.2) is 5.78 Å². The van der Waals surface area contributed by atoms with Crippen molar-refractivity contribution in [3.8, 4) is 0 Å². The van der Waals surface area contributed by atoms with Crippen molar-refractivity contribution in [2.45, 2.75) is 24.9 Å². The molecule has 0 saturated heterocycles. The molecule has 0 N–H and O–H groups in total. The molecule has 0 amide bonds. The first-order chi connectivity index (χ1) is 13.6. The van der Waals surface area contributed by atoms with Crippen molar-refractivity contribution in [3.05, 3.63) is 118 Å². The Labute approximate surface area is 170 Å². The third-order valence-electron chi connectivity index (χ3n) is 5.40. The molecule has 2 nitrogen and oxygen atoms in total. The second-order valence-corrected chi connectivity index (χ2v) is 7.56. The monoisotopic (exact) mass is 388 g/mol. The topological polar surface area (TPSA) is 26.3 Å². The zero-order valence-electron chi connectivity index (χ0n) is 15.6. The van der Waals surface area contributed by atoms with Gasteiger partial charge in [0.25, 0.3) is 0 Å². The van der Waals surface area contributed by atoms with Gasteiger partial charge in [-0.05, 0) is 35.7 Å². The number of hydrogen-bond acceptors (Lipinski definition) is 2. The summed E-state index contributed by atoms with van der Waals surface area (Å²) in [6.07, 6.45) is 1.83. The lowest BCUT2D eigenvalue weighted by molar-refractivity contribution is -0.125. The highest BCUT2D eigenvalue weighted by Gasteiger charge is 2.52. The number of rotatable bonds is 4. The van der Waals surface area contributed by atoms with E-state index in [4.69, 9.17) is 16.3 Å². The molecule has 0 aromatic heterocycles. The van der Waals surface area contributed by atoms with Crippen LogP contribution in [0, 0.1) is 0 Å². The lowest BCUT2D eigenvalue weighted by Gasteiger charge is -2.42. The van der Waals surface area contributed by atoms with E-state index < -0.39 is 5.41 Å². The second kappa shape index (κ2) is 7.65. The number of carbonyl (C=O) groups is 1. The summed E-state index contributed by atoms with van der Waals surface area (Å²) in [5.74, 6) is 0.0788. The van der Waals surface area contributed by atoms with Crippen molar-refractivity contribution in [3.63, 3.8) is 0 Å². The van der Waals surface area contributed by atoms with Crippen LogP contribution in [0.15, 0.2) is 96.8 Å². The van der Waals surface area contributed by atoms with Crippen LogP contribution in [-0.4, -0.2) is 11.9 Å². The third kappa shape index (κ3) is 3.14. The minimum Gasteiger partial charge on any atom is -0.496 e. The van der Waals surface area contributed by atoms with Gasteiger partial charge in [0.1, 0.15) is 11.5 Å². The summed E-state index contributed by atoms with van der Waals surface area (Å²) in [5.41, 5.74) is 2.68. The normalized spacial score (nSPS) is 18.3. The van der Waals surface area contributed by atoms with Crippen LogP contribution in [0.2, 0.25) is 5.02 Å². The first-order valence-corrected chi connectivity index (χ1v) is 9.72. The van der Waals surface area contributed by atoms with Crippen molar-refractivity contribution in [1.82, 2.24) is 0 Å². The highest BCUT2D eigenvalue weighted by molar-refractivity contribution is 6.30. The Balaban J connectivity index is 1.91. The molecular formula is C25H21ClO2. The third-order valence-corrected chi connectivity index (χ3v) is 5.65. The van der Waals surface area contributed by atoms with E-state index in [1.165, 1.54) is 0 Å². The Bertz CT molecular complexity index is 952.